The van der Waals surface area contributed by atoms with Gasteiger partial charge in [-0.05, 0) is 43.3 Å². The summed E-state index contributed by atoms with van der Waals surface area (Å²) in [4.78, 5) is 14.9. The van der Waals surface area contributed by atoms with E-state index in [0.717, 1.165) is 12.1 Å². The fourth-order valence-electron chi connectivity index (χ4n) is 3.64. The average molecular weight is 478 g/mol. The third-order valence-corrected chi connectivity index (χ3v) is 5.46. The van der Waals surface area contributed by atoms with Crippen LogP contribution in [0.5, 0.6) is 11.6 Å². The van der Waals surface area contributed by atoms with Gasteiger partial charge in [0, 0.05) is 25.3 Å². The Balaban J connectivity index is 1.77. The van der Waals surface area contributed by atoms with Crippen molar-refractivity contribution in [3.63, 3.8) is 0 Å². The second kappa shape index (κ2) is 10.9. The largest absolute Gasteiger partial charge is 0.435 e. The Morgan fingerprint density at radius 2 is 1.69 bits per heavy atom. The molecule has 4 rings (SSSR count). The number of hydrogen-bond donors (Lipinski definition) is 0. The van der Waals surface area contributed by atoms with Crippen molar-refractivity contribution in [1.29, 1.82) is 0 Å². The Hall–Kier alpha value is -4.04. The zero-order valence-corrected chi connectivity index (χ0v) is 19.4. The maximum absolute atomic E-state index is 14.5. The quantitative estimate of drug-likeness (QED) is 0.318. The summed E-state index contributed by atoms with van der Waals surface area (Å²) in [5.74, 6) is -1.65. The van der Waals surface area contributed by atoms with Gasteiger partial charge in [-0.2, -0.15) is 5.10 Å². The fourth-order valence-corrected chi connectivity index (χ4v) is 3.64. The molecule has 4 aromatic rings. The standard InChI is InChI=1S/C27H25F2N3O3/c1-19-23(18-31(15-16-34-2)26(33)20-9-5-3-6-10-20)27(32(30-19)22-11-7-4-8-12-22)35-25-14-13-21(28)17-24(25)29/h3-14,17H,15-16,18H2,1-2H3. The van der Waals surface area contributed by atoms with Crippen molar-refractivity contribution >= 4 is 5.91 Å². The molecule has 0 aliphatic heterocycles. The predicted molar refractivity (Wildman–Crippen MR) is 128 cm³/mol. The molecule has 1 amide bonds. The lowest BCUT2D eigenvalue weighted by Gasteiger charge is -2.23. The molecule has 1 heterocycles. The third-order valence-electron chi connectivity index (χ3n) is 5.46. The van der Waals surface area contributed by atoms with E-state index in [1.807, 2.05) is 36.4 Å². The van der Waals surface area contributed by atoms with E-state index >= 15 is 0 Å². The van der Waals surface area contributed by atoms with Gasteiger partial charge in [-0.25, -0.2) is 13.5 Å². The molecule has 3 aromatic carbocycles. The summed E-state index contributed by atoms with van der Waals surface area (Å²) in [6.07, 6.45) is 0. The van der Waals surface area contributed by atoms with Crippen LogP contribution in [0.2, 0.25) is 0 Å². The number of para-hydroxylation sites is 1. The van der Waals surface area contributed by atoms with Gasteiger partial charge in [0.2, 0.25) is 5.88 Å². The van der Waals surface area contributed by atoms with Crippen molar-refractivity contribution in [2.24, 2.45) is 0 Å². The number of carbonyl (C=O) groups excluding carboxylic acids is 1. The molecule has 180 valence electrons. The van der Waals surface area contributed by atoms with Gasteiger partial charge in [-0.15, -0.1) is 0 Å². The molecule has 35 heavy (non-hydrogen) atoms. The molecular weight excluding hydrogens is 452 g/mol. The number of halogens is 2. The summed E-state index contributed by atoms with van der Waals surface area (Å²) < 4.78 is 40.8. The summed E-state index contributed by atoms with van der Waals surface area (Å²) in [6, 6.07) is 21.3. The molecule has 0 fully saturated rings. The smallest absolute Gasteiger partial charge is 0.254 e. The summed E-state index contributed by atoms with van der Waals surface area (Å²) in [5.41, 5.74) is 2.42. The van der Waals surface area contributed by atoms with Crippen LogP contribution >= 0.6 is 0 Å². The van der Waals surface area contributed by atoms with Crippen molar-refractivity contribution in [1.82, 2.24) is 14.7 Å². The molecule has 0 N–H and O–H groups in total. The van der Waals surface area contributed by atoms with Gasteiger partial charge < -0.3 is 14.4 Å². The number of aromatic nitrogens is 2. The number of aryl methyl sites for hydroxylation is 1. The van der Waals surface area contributed by atoms with Crippen LogP contribution in [0.3, 0.4) is 0 Å². The highest BCUT2D eigenvalue weighted by molar-refractivity contribution is 5.94. The minimum Gasteiger partial charge on any atom is -0.435 e. The number of ether oxygens (including phenoxy) is 2. The summed E-state index contributed by atoms with van der Waals surface area (Å²) in [7, 11) is 1.57. The van der Waals surface area contributed by atoms with Gasteiger partial charge in [0.05, 0.1) is 30.1 Å². The monoisotopic (exact) mass is 477 g/mol. The molecular formula is C27H25F2N3O3. The summed E-state index contributed by atoms with van der Waals surface area (Å²) in [5, 5.41) is 4.62. The van der Waals surface area contributed by atoms with Crippen LogP contribution in [0.1, 0.15) is 21.6 Å². The highest BCUT2D eigenvalue weighted by atomic mass is 19.1. The topological polar surface area (TPSA) is 56.6 Å². The highest BCUT2D eigenvalue weighted by Gasteiger charge is 2.25. The maximum Gasteiger partial charge on any atom is 0.254 e. The Bertz CT molecular complexity index is 1290. The number of benzene rings is 3. The Morgan fingerprint density at radius 1 is 1.00 bits per heavy atom. The molecule has 8 heteroatoms. The van der Waals surface area contributed by atoms with Crippen molar-refractivity contribution in [2.45, 2.75) is 13.5 Å². The Labute approximate surface area is 202 Å². The van der Waals surface area contributed by atoms with Crippen molar-refractivity contribution in [2.75, 3.05) is 20.3 Å². The molecule has 0 atom stereocenters. The highest BCUT2D eigenvalue weighted by Crippen LogP contribution is 2.33. The second-order valence-electron chi connectivity index (χ2n) is 7.88. The predicted octanol–water partition coefficient (Wildman–Crippen LogP) is 5.54. The van der Waals surface area contributed by atoms with Gasteiger partial charge in [0.25, 0.3) is 5.91 Å². The normalized spacial score (nSPS) is 10.9. The Kier molecular flexibility index (Phi) is 7.52. The SMILES string of the molecule is COCCN(Cc1c(C)nn(-c2ccccc2)c1Oc1ccc(F)cc1F)C(=O)c1ccccc1. The van der Waals surface area contributed by atoms with E-state index in [1.165, 1.54) is 6.07 Å². The van der Waals surface area contributed by atoms with Crippen LogP contribution < -0.4 is 4.74 Å². The first kappa shape index (κ1) is 24.1. The molecule has 0 aliphatic rings. The molecule has 0 saturated carbocycles. The first-order valence-electron chi connectivity index (χ1n) is 11.1. The minimum atomic E-state index is -0.842. The lowest BCUT2D eigenvalue weighted by Crippen LogP contribution is -2.33. The molecule has 0 unspecified atom stereocenters. The van der Waals surface area contributed by atoms with Crippen LogP contribution in [0.25, 0.3) is 5.69 Å². The zero-order valence-electron chi connectivity index (χ0n) is 19.4. The minimum absolute atomic E-state index is 0.147. The first-order chi connectivity index (χ1) is 17.0. The lowest BCUT2D eigenvalue weighted by molar-refractivity contribution is 0.0679. The van der Waals surface area contributed by atoms with Crippen LogP contribution in [0.4, 0.5) is 8.78 Å². The van der Waals surface area contributed by atoms with Crippen LogP contribution in [-0.4, -0.2) is 40.8 Å². The molecule has 1 aromatic heterocycles. The average Bonchev–Trinajstić information content (AvgIpc) is 3.18. The third kappa shape index (κ3) is 5.55. The van der Waals surface area contributed by atoms with Gasteiger partial charge in [-0.3, -0.25) is 4.79 Å². The lowest BCUT2D eigenvalue weighted by atomic mass is 10.1. The Morgan fingerprint density at radius 3 is 2.34 bits per heavy atom. The molecule has 0 bridgehead atoms. The molecule has 0 spiro atoms. The number of amides is 1. The van der Waals surface area contributed by atoms with Crippen LogP contribution in [0.15, 0.2) is 78.9 Å². The fraction of sp³-hybridized carbons (Fsp3) is 0.185. The van der Waals surface area contributed by atoms with Gasteiger partial charge in [-0.1, -0.05) is 36.4 Å². The van der Waals surface area contributed by atoms with Gasteiger partial charge >= 0.3 is 0 Å². The van der Waals surface area contributed by atoms with E-state index < -0.39 is 11.6 Å². The number of hydrogen-bond acceptors (Lipinski definition) is 4. The van der Waals surface area contributed by atoms with E-state index in [0.29, 0.717) is 35.7 Å². The van der Waals surface area contributed by atoms with Gasteiger partial charge in [0.15, 0.2) is 11.6 Å². The number of carbonyl (C=O) groups is 1. The second-order valence-corrected chi connectivity index (χ2v) is 7.88. The molecule has 0 radical (unpaired) electrons. The molecule has 0 aliphatic carbocycles. The maximum atomic E-state index is 14.5. The zero-order chi connectivity index (χ0) is 24.8. The summed E-state index contributed by atoms with van der Waals surface area (Å²) in [6.45, 7) is 2.59. The first-order valence-corrected chi connectivity index (χ1v) is 11.1. The number of rotatable bonds is 9. The van der Waals surface area contributed by atoms with Crippen LogP contribution in [-0.2, 0) is 11.3 Å². The molecule has 0 saturated heterocycles. The van der Waals surface area contributed by atoms with E-state index in [9.17, 15) is 13.6 Å². The van der Waals surface area contributed by atoms with E-state index in [-0.39, 0.29) is 24.1 Å². The van der Waals surface area contributed by atoms with E-state index in [2.05, 4.69) is 5.10 Å². The molecule has 6 nitrogen and oxygen atoms in total. The van der Waals surface area contributed by atoms with Crippen molar-refractivity contribution < 1.29 is 23.0 Å². The van der Waals surface area contributed by atoms with Crippen molar-refractivity contribution in [3.8, 4) is 17.3 Å². The number of nitrogens with zero attached hydrogens (tertiary/aromatic N) is 3. The summed E-state index contributed by atoms with van der Waals surface area (Å²) >= 11 is 0. The van der Waals surface area contributed by atoms with E-state index in [4.69, 9.17) is 9.47 Å². The van der Waals surface area contributed by atoms with Gasteiger partial charge in [0.1, 0.15) is 5.82 Å². The van der Waals surface area contributed by atoms with E-state index in [1.54, 1.807) is 47.9 Å². The van der Waals surface area contributed by atoms with Crippen LogP contribution in [0, 0.1) is 18.6 Å². The van der Waals surface area contributed by atoms with Crippen molar-refractivity contribution in [3.05, 3.63) is 107 Å². The number of methoxy groups -OCH3 is 1.